The quantitative estimate of drug-likeness (QED) is 0.533. The van der Waals surface area contributed by atoms with Crippen molar-refractivity contribution in [3.05, 3.63) is 23.7 Å². The normalized spacial score (nSPS) is 18.4. The van der Waals surface area contributed by atoms with Crippen LogP contribution in [0, 0.1) is 0 Å². The zero-order valence-electron chi connectivity index (χ0n) is 5.68. The first-order chi connectivity index (χ1) is 4.34. The van der Waals surface area contributed by atoms with Gasteiger partial charge in [-0.3, -0.25) is 0 Å². The molecule has 0 radical (unpaired) electrons. The number of hydrogen-bond donors (Lipinski definition) is 0. The van der Waals surface area contributed by atoms with Crippen LogP contribution in [0.15, 0.2) is 23.7 Å². The molecule has 9 heavy (non-hydrogen) atoms. The van der Waals surface area contributed by atoms with Crippen LogP contribution in [-0.4, -0.2) is 6.79 Å². The highest BCUT2D eigenvalue weighted by molar-refractivity contribution is 5.15. The molecule has 0 saturated carbocycles. The average molecular weight is 126 g/mol. The van der Waals surface area contributed by atoms with Crippen LogP contribution in [0.1, 0.15) is 13.8 Å². The van der Waals surface area contributed by atoms with Crippen molar-refractivity contribution in [3.8, 4) is 0 Å². The van der Waals surface area contributed by atoms with Crippen LogP contribution >= 0.6 is 0 Å². The standard InChI is InChI=1S/C7H10O2/c1-3-4-7-6(2)8-5-9-7/h3-4H,5H2,1-2H3. The van der Waals surface area contributed by atoms with Crippen molar-refractivity contribution in [2.24, 2.45) is 0 Å². The van der Waals surface area contributed by atoms with Gasteiger partial charge in [-0.15, -0.1) is 0 Å². The maximum Gasteiger partial charge on any atom is 0.230 e. The summed E-state index contributed by atoms with van der Waals surface area (Å²) in [6.45, 7) is 4.20. The molecule has 0 atom stereocenters. The summed E-state index contributed by atoms with van der Waals surface area (Å²) >= 11 is 0. The molecule has 50 valence electrons. The van der Waals surface area contributed by atoms with E-state index in [1.807, 2.05) is 26.0 Å². The van der Waals surface area contributed by atoms with Gasteiger partial charge in [0.1, 0.15) is 5.76 Å². The molecule has 1 aliphatic heterocycles. The minimum atomic E-state index is 0.367. The third-order valence-electron chi connectivity index (χ3n) is 1.15. The summed E-state index contributed by atoms with van der Waals surface area (Å²) in [4.78, 5) is 0. The minimum absolute atomic E-state index is 0.367. The summed E-state index contributed by atoms with van der Waals surface area (Å²) in [5.41, 5.74) is 0. The van der Waals surface area contributed by atoms with Crippen molar-refractivity contribution >= 4 is 0 Å². The van der Waals surface area contributed by atoms with E-state index in [4.69, 9.17) is 9.47 Å². The fourth-order valence-electron chi connectivity index (χ4n) is 0.671. The molecule has 0 bridgehead atoms. The lowest BCUT2D eigenvalue weighted by Gasteiger charge is -1.89. The molecule has 2 heteroatoms. The molecule has 0 saturated heterocycles. The number of allylic oxidation sites excluding steroid dienone is 3. The summed E-state index contributed by atoms with van der Waals surface area (Å²) in [7, 11) is 0. The van der Waals surface area contributed by atoms with Crippen molar-refractivity contribution < 1.29 is 9.47 Å². The second kappa shape index (κ2) is 2.58. The van der Waals surface area contributed by atoms with Crippen molar-refractivity contribution in [2.45, 2.75) is 13.8 Å². The van der Waals surface area contributed by atoms with Gasteiger partial charge < -0.3 is 9.47 Å². The molecule has 2 nitrogen and oxygen atoms in total. The van der Waals surface area contributed by atoms with E-state index in [9.17, 15) is 0 Å². The monoisotopic (exact) mass is 126 g/mol. The first kappa shape index (κ1) is 6.20. The molecule has 0 amide bonds. The third kappa shape index (κ3) is 1.25. The smallest absolute Gasteiger partial charge is 0.230 e. The molecule has 1 aliphatic rings. The average Bonchev–Trinajstić information content (AvgIpc) is 2.18. The van der Waals surface area contributed by atoms with Crippen LogP contribution in [0.2, 0.25) is 0 Å². The Hall–Kier alpha value is -0.920. The second-order valence-corrected chi connectivity index (χ2v) is 1.83. The van der Waals surface area contributed by atoms with E-state index in [2.05, 4.69) is 0 Å². The van der Waals surface area contributed by atoms with Crippen LogP contribution < -0.4 is 0 Å². The molecule has 1 heterocycles. The van der Waals surface area contributed by atoms with Gasteiger partial charge in [-0.25, -0.2) is 0 Å². The summed E-state index contributed by atoms with van der Waals surface area (Å²) in [5, 5.41) is 0. The summed E-state index contributed by atoms with van der Waals surface area (Å²) in [6.07, 6.45) is 3.82. The Balaban J connectivity index is 2.66. The second-order valence-electron chi connectivity index (χ2n) is 1.83. The maximum atomic E-state index is 5.08. The van der Waals surface area contributed by atoms with E-state index in [1.54, 1.807) is 0 Å². The maximum absolute atomic E-state index is 5.08. The number of ether oxygens (including phenoxy) is 2. The Labute approximate surface area is 54.8 Å². The van der Waals surface area contributed by atoms with Crippen molar-refractivity contribution in [2.75, 3.05) is 6.79 Å². The van der Waals surface area contributed by atoms with E-state index in [-0.39, 0.29) is 0 Å². The summed E-state index contributed by atoms with van der Waals surface area (Å²) in [6, 6.07) is 0. The lowest BCUT2D eigenvalue weighted by molar-refractivity contribution is 0.0750. The molecule has 0 aliphatic carbocycles. The fraction of sp³-hybridized carbons (Fsp3) is 0.429. The van der Waals surface area contributed by atoms with E-state index in [1.165, 1.54) is 0 Å². The van der Waals surface area contributed by atoms with Crippen molar-refractivity contribution in [3.63, 3.8) is 0 Å². The lowest BCUT2D eigenvalue weighted by Crippen LogP contribution is -1.80. The van der Waals surface area contributed by atoms with Crippen LogP contribution in [0.5, 0.6) is 0 Å². The topological polar surface area (TPSA) is 18.5 Å². The van der Waals surface area contributed by atoms with Gasteiger partial charge in [0.2, 0.25) is 6.79 Å². The molecule has 0 fully saturated rings. The molecular formula is C7H10O2. The highest BCUT2D eigenvalue weighted by Gasteiger charge is 2.08. The predicted octanol–water partition coefficient (Wildman–Crippen LogP) is 1.80. The van der Waals surface area contributed by atoms with E-state index >= 15 is 0 Å². The van der Waals surface area contributed by atoms with Crippen LogP contribution in [0.25, 0.3) is 0 Å². The molecule has 0 aromatic rings. The predicted molar refractivity (Wildman–Crippen MR) is 34.6 cm³/mol. The number of hydrogen-bond acceptors (Lipinski definition) is 2. The van der Waals surface area contributed by atoms with Gasteiger partial charge in [-0.1, -0.05) is 6.08 Å². The van der Waals surface area contributed by atoms with Gasteiger partial charge >= 0.3 is 0 Å². The van der Waals surface area contributed by atoms with Crippen LogP contribution in [0.4, 0.5) is 0 Å². The number of rotatable bonds is 1. The Morgan fingerprint density at radius 3 is 2.67 bits per heavy atom. The molecule has 0 aromatic carbocycles. The molecule has 1 rings (SSSR count). The highest BCUT2D eigenvalue weighted by Crippen LogP contribution is 2.15. The Kier molecular flexibility index (Phi) is 1.78. The van der Waals surface area contributed by atoms with Gasteiger partial charge in [-0.05, 0) is 19.9 Å². The fourth-order valence-corrected chi connectivity index (χ4v) is 0.671. The summed E-state index contributed by atoms with van der Waals surface area (Å²) < 4.78 is 10.1. The molecule has 0 N–H and O–H groups in total. The zero-order valence-corrected chi connectivity index (χ0v) is 5.68. The first-order valence-electron chi connectivity index (χ1n) is 2.93. The van der Waals surface area contributed by atoms with Gasteiger partial charge in [0.25, 0.3) is 0 Å². The highest BCUT2D eigenvalue weighted by atomic mass is 16.7. The largest absolute Gasteiger partial charge is 0.458 e. The molecular weight excluding hydrogens is 116 g/mol. The zero-order chi connectivity index (χ0) is 6.69. The Bertz CT molecular complexity index is 156. The summed E-state index contributed by atoms with van der Waals surface area (Å²) in [5.74, 6) is 1.71. The Morgan fingerprint density at radius 2 is 2.22 bits per heavy atom. The van der Waals surface area contributed by atoms with Gasteiger partial charge in [0.15, 0.2) is 5.76 Å². The molecule has 0 unspecified atom stereocenters. The van der Waals surface area contributed by atoms with Gasteiger partial charge in [0, 0.05) is 0 Å². The van der Waals surface area contributed by atoms with E-state index < -0.39 is 0 Å². The SMILES string of the molecule is CC=CC1=C(C)OCO1. The van der Waals surface area contributed by atoms with E-state index in [0.717, 1.165) is 11.5 Å². The minimum Gasteiger partial charge on any atom is -0.458 e. The van der Waals surface area contributed by atoms with Crippen molar-refractivity contribution in [1.82, 2.24) is 0 Å². The molecule has 0 aromatic heterocycles. The van der Waals surface area contributed by atoms with E-state index in [0.29, 0.717) is 6.79 Å². The molecule has 0 spiro atoms. The van der Waals surface area contributed by atoms with Gasteiger partial charge in [0.05, 0.1) is 0 Å². The lowest BCUT2D eigenvalue weighted by atomic mass is 10.4. The Morgan fingerprint density at radius 1 is 1.44 bits per heavy atom. The van der Waals surface area contributed by atoms with Crippen molar-refractivity contribution in [1.29, 1.82) is 0 Å². The first-order valence-corrected chi connectivity index (χ1v) is 2.93. The van der Waals surface area contributed by atoms with Crippen LogP contribution in [0.3, 0.4) is 0 Å². The van der Waals surface area contributed by atoms with Crippen LogP contribution in [-0.2, 0) is 9.47 Å². The van der Waals surface area contributed by atoms with Gasteiger partial charge in [-0.2, -0.15) is 0 Å². The third-order valence-corrected chi connectivity index (χ3v) is 1.15.